The van der Waals surface area contributed by atoms with Crippen molar-refractivity contribution in [3.05, 3.63) is 47.0 Å². The van der Waals surface area contributed by atoms with Crippen LogP contribution in [-0.4, -0.2) is 30.1 Å². The van der Waals surface area contributed by atoms with Gasteiger partial charge in [-0.25, -0.2) is 4.79 Å². The Hall–Kier alpha value is -2.82. The maximum absolute atomic E-state index is 12.6. The number of hydrogen-bond donors (Lipinski definition) is 1. The van der Waals surface area contributed by atoms with Crippen molar-refractivity contribution in [3.8, 4) is 16.9 Å². The van der Waals surface area contributed by atoms with Crippen LogP contribution in [0.1, 0.15) is 54.6 Å². The van der Waals surface area contributed by atoms with Crippen molar-refractivity contribution >= 4 is 17.6 Å². The van der Waals surface area contributed by atoms with E-state index in [4.69, 9.17) is 4.74 Å². The minimum atomic E-state index is -0.984. The van der Waals surface area contributed by atoms with Crippen LogP contribution in [0.5, 0.6) is 5.75 Å². The number of ether oxygens (including phenoxy) is 1. The van der Waals surface area contributed by atoms with Gasteiger partial charge in [0.05, 0.1) is 12.7 Å². The zero-order valence-corrected chi connectivity index (χ0v) is 16.4. The number of benzene rings is 2. The highest BCUT2D eigenvalue weighted by Gasteiger charge is 2.31. The van der Waals surface area contributed by atoms with E-state index < -0.39 is 5.97 Å². The fourth-order valence-corrected chi connectivity index (χ4v) is 3.83. The Morgan fingerprint density at radius 2 is 1.93 bits per heavy atom. The van der Waals surface area contributed by atoms with E-state index >= 15 is 0 Å². The van der Waals surface area contributed by atoms with Crippen LogP contribution >= 0.6 is 0 Å². The van der Waals surface area contributed by atoms with Gasteiger partial charge in [-0.3, -0.25) is 4.79 Å². The van der Waals surface area contributed by atoms with E-state index in [0.717, 1.165) is 22.4 Å². The molecule has 142 valence electrons. The molecule has 0 spiro atoms. The summed E-state index contributed by atoms with van der Waals surface area (Å²) in [5.41, 5.74) is 4.87. The van der Waals surface area contributed by atoms with Crippen LogP contribution in [0.25, 0.3) is 11.1 Å². The summed E-state index contributed by atoms with van der Waals surface area (Å²) in [6.07, 6.45) is 0.502. The summed E-state index contributed by atoms with van der Waals surface area (Å²) in [6, 6.07) is 9.00. The van der Waals surface area contributed by atoms with Gasteiger partial charge in [0.15, 0.2) is 0 Å². The fourth-order valence-electron chi connectivity index (χ4n) is 3.83. The number of hydrogen-bond acceptors (Lipinski definition) is 3. The first-order valence-electron chi connectivity index (χ1n) is 9.12. The van der Waals surface area contributed by atoms with Crippen molar-refractivity contribution in [3.63, 3.8) is 0 Å². The number of carbonyl (C=O) groups is 2. The number of aryl methyl sites for hydroxylation is 1. The monoisotopic (exact) mass is 367 g/mol. The van der Waals surface area contributed by atoms with Crippen molar-refractivity contribution in [2.45, 2.75) is 46.1 Å². The zero-order valence-electron chi connectivity index (χ0n) is 16.4. The Bertz CT molecular complexity index is 917. The van der Waals surface area contributed by atoms with E-state index in [0.29, 0.717) is 17.7 Å². The number of anilines is 1. The molecule has 0 saturated carbocycles. The molecular formula is C22H25NO4. The third-order valence-corrected chi connectivity index (χ3v) is 5.17. The Labute approximate surface area is 159 Å². The molecule has 1 atom stereocenters. The molecule has 0 radical (unpaired) electrons. The first-order valence-corrected chi connectivity index (χ1v) is 9.12. The lowest BCUT2D eigenvalue weighted by Crippen LogP contribution is -2.41. The minimum Gasteiger partial charge on any atom is -0.496 e. The average molecular weight is 367 g/mol. The van der Waals surface area contributed by atoms with Gasteiger partial charge in [-0.2, -0.15) is 0 Å². The summed E-state index contributed by atoms with van der Waals surface area (Å²) in [6.45, 7) is 8.08. The first-order chi connectivity index (χ1) is 12.7. The number of aromatic carboxylic acids is 1. The third-order valence-electron chi connectivity index (χ3n) is 5.17. The van der Waals surface area contributed by atoms with Crippen molar-refractivity contribution < 1.29 is 19.4 Å². The smallest absolute Gasteiger partial charge is 0.335 e. The van der Waals surface area contributed by atoms with Crippen molar-refractivity contribution in [1.29, 1.82) is 0 Å². The van der Waals surface area contributed by atoms with Gasteiger partial charge in [0.25, 0.3) is 0 Å². The molecule has 1 N–H and O–H groups in total. The zero-order chi connectivity index (χ0) is 19.9. The van der Waals surface area contributed by atoms with E-state index in [1.54, 1.807) is 19.2 Å². The van der Waals surface area contributed by atoms with E-state index in [1.165, 1.54) is 6.07 Å². The third kappa shape index (κ3) is 3.29. The molecule has 0 aliphatic carbocycles. The maximum Gasteiger partial charge on any atom is 0.335 e. The maximum atomic E-state index is 12.6. The molecule has 1 aliphatic heterocycles. The topological polar surface area (TPSA) is 66.8 Å². The number of carboxylic acids is 1. The predicted molar refractivity (Wildman–Crippen MR) is 106 cm³/mol. The van der Waals surface area contributed by atoms with E-state index in [2.05, 4.69) is 13.0 Å². The van der Waals surface area contributed by atoms with Crippen molar-refractivity contribution in [1.82, 2.24) is 0 Å². The lowest BCUT2D eigenvalue weighted by Gasteiger charge is -2.36. The van der Waals surface area contributed by atoms with Gasteiger partial charge >= 0.3 is 5.97 Å². The molecule has 0 bridgehead atoms. The molecule has 0 aromatic heterocycles. The largest absolute Gasteiger partial charge is 0.496 e. The number of fused-ring (bicyclic) bond motifs is 1. The van der Waals surface area contributed by atoms with Gasteiger partial charge in [0.1, 0.15) is 5.75 Å². The molecule has 0 fully saturated rings. The summed E-state index contributed by atoms with van der Waals surface area (Å²) >= 11 is 0. The standard InChI is InChI=1S/C22H25NO4/c1-12(2)23-19-11-16(13(3)8-17(19)14(4)9-21(23)24)18-10-15(22(25)26)6-7-20(18)27-5/h6-8,10-12,14H,9H2,1-5H3,(H,25,26). The Morgan fingerprint density at radius 1 is 1.22 bits per heavy atom. The van der Waals surface area contributed by atoms with Gasteiger partial charge in [0.2, 0.25) is 5.91 Å². The van der Waals surface area contributed by atoms with Crippen LogP contribution in [0.4, 0.5) is 5.69 Å². The number of carboxylic acid groups (broad SMARTS) is 1. The molecule has 5 nitrogen and oxygen atoms in total. The number of nitrogens with zero attached hydrogens (tertiary/aromatic N) is 1. The molecule has 27 heavy (non-hydrogen) atoms. The SMILES string of the molecule is COc1ccc(C(=O)O)cc1-c1cc2c(cc1C)C(C)CC(=O)N2C(C)C. The first kappa shape index (κ1) is 19.0. The summed E-state index contributed by atoms with van der Waals surface area (Å²) in [4.78, 5) is 25.9. The van der Waals surface area contributed by atoms with Crippen molar-refractivity contribution in [2.24, 2.45) is 0 Å². The van der Waals surface area contributed by atoms with Crippen LogP contribution in [0.3, 0.4) is 0 Å². The lowest BCUT2D eigenvalue weighted by molar-refractivity contribution is -0.119. The quantitative estimate of drug-likeness (QED) is 0.856. The van der Waals surface area contributed by atoms with Gasteiger partial charge in [0, 0.05) is 23.7 Å². The number of methoxy groups -OCH3 is 1. The van der Waals surface area contributed by atoms with Crippen LogP contribution in [0.2, 0.25) is 0 Å². The Balaban J connectivity index is 2.26. The molecule has 1 aliphatic rings. The fraction of sp³-hybridized carbons (Fsp3) is 0.364. The minimum absolute atomic E-state index is 0.0477. The predicted octanol–water partition coefficient (Wildman–Crippen LogP) is 4.62. The van der Waals surface area contributed by atoms with E-state index in [-0.39, 0.29) is 23.4 Å². The van der Waals surface area contributed by atoms with E-state index in [9.17, 15) is 14.7 Å². The van der Waals surface area contributed by atoms with Gasteiger partial charge in [-0.1, -0.05) is 13.0 Å². The Morgan fingerprint density at radius 3 is 2.52 bits per heavy atom. The lowest BCUT2D eigenvalue weighted by atomic mass is 9.86. The number of carbonyl (C=O) groups excluding carboxylic acids is 1. The molecule has 3 rings (SSSR count). The molecule has 1 amide bonds. The second-order valence-corrected chi connectivity index (χ2v) is 7.41. The molecule has 2 aromatic rings. The summed E-state index contributed by atoms with van der Waals surface area (Å²) < 4.78 is 5.48. The second-order valence-electron chi connectivity index (χ2n) is 7.41. The molecule has 1 heterocycles. The van der Waals surface area contributed by atoms with Crippen LogP contribution < -0.4 is 9.64 Å². The molecular weight excluding hydrogens is 342 g/mol. The van der Waals surface area contributed by atoms with Crippen LogP contribution in [0, 0.1) is 6.92 Å². The summed E-state index contributed by atoms with van der Waals surface area (Å²) in [5, 5.41) is 9.37. The molecule has 5 heteroatoms. The second kappa shape index (κ2) is 7.06. The number of amides is 1. The highest BCUT2D eigenvalue weighted by molar-refractivity contribution is 5.99. The highest BCUT2D eigenvalue weighted by Crippen LogP contribution is 2.43. The summed E-state index contributed by atoms with van der Waals surface area (Å²) in [5.74, 6) is -0.106. The van der Waals surface area contributed by atoms with E-state index in [1.807, 2.05) is 31.7 Å². The summed E-state index contributed by atoms with van der Waals surface area (Å²) in [7, 11) is 1.57. The van der Waals surface area contributed by atoms with Gasteiger partial charge in [-0.15, -0.1) is 0 Å². The van der Waals surface area contributed by atoms with Crippen molar-refractivity contribution in [2.75, 3.05) is 12.0 Å². The highest BCUT2D eigenvalue weighted by atomic mass is 16.5. The van der Waals surface area contributed by atoms with Crippen LogP contribution in [0.15, 0.2) is 30.3 Å². The number of rotatable bonds is 4. The molecule has 2 aromatic carbocycles. The average Bonchev–Trinajstić information content (AvgIpc) is 2.61. The van der Waals surface area contributed by atoms with Gasteiger partial charge < -0.3 is 14.7 Å². The normalized spacial score (nSPS) is 16.4. The Kier molecular flexibility index (Phi) is 4.96. The van der Waals surface area contributed by atoms with Crippen LogP contribution in [-0.2, 0) is 4.79 Å². The van der Waals surface area contributed by atoms with Gasteiger partial charge in [-0.05, 0) is 67.6 Å². The molecule has 0 saturated heterocycles. The molecule has 1 unspecified atom stereocenters.